The molecule has 1 saturated heterocycles. The largest absolute Gasteiger partial charge is 0.356 e. The van der Waals surface area contributed by atoms with Crippen LogP contribution in [0, 0.1) is 5.92 Å². The van der Waals surface area contributed by atoms with E-state index in [-0.39, 0.29) is 0 Å². The maximum atomic E-state index is 4.59. The molecule has 0 radical (unpaired) electrons. The molecule has 3 aromatic rings. The minimum Gasteiger partial charge on any atom is -0.356 e. The summed E-state index contributed by atoms with van der Waals surface area (Å²) < 4.78 is 0. The fourth-order valence-electron chi connectivity index (χ4n) is 3.32. The third kappa shape index (κ3) is 3.96. The fraction of sp³-hybridized carbons (Fsp3) is 0.300. The van der Waals surface area contributed by atoms with Crippen molar-refractivity contribution in [3.05, 3.63) is 61.1 Å². The Labute approximate surface area is 153 Å². The van der Waals surface area contributed by atoms with Crippen LogP contribution in [0.3, 0.4) is 0 Å². The van der Waals surface area contributed by atoms with Gasteiger partial charge in [-0.25, -0.2) is 15.0 Å². The van der Waals surface area contributed by atoms with E-state index in [1.165, 1.54) is 12.8 Å². The first-order valence-electron chi connectivity index (χ1n) is 9.03. The molecule has 4 heterocycles. The second kappa shape index (κ2) is 7.91. The number of aromatic nitrogens is 4. The van der Waals surface area contributed by atoms with Gasteiger partial charge in [0.25, 0.3) is 0 Å². The predicted octanol–water partition coefficient (Wildman–Crippen LogP) is 3.26. The monoisotopic (exact) mass is 346 g/mol. The van der Waals surface area contributed by atoms with Gasteiger partial charge < -0.3 is 10.2 Å². The molecule has 132 valence electrons. The summed E-state index contributed by atoms with van der Waals surface area (Å²) >= 11 is 0. The summed E-state index contributed by atoms with van der Waals surface area (Å²) in [5.41, 5.74) is 1.69. The smallest absolute Gasteiger partial charge is 0.223 e. The van der Waals surface area contributed by atoms with Crippen LogP contribution in [0.25, 0.3) is 11.4 Å². The van der Waals surface area contributed by atoms with Crippen molar-refractivity contribution in [2.75, 3.05) is 29.9 Å². The lowest BCUT2D eigenvalue weighted by atomic mass is 9.98. The van der Waals surface area contributed by atoms with Gasteiger partial charge in [-0.05, 0) is 49.1 Å². The Bertz CT molecular complexity index is 824. The third-order valence-electron chi connectivity index (χ3n) is 4.62. The summed E-state index contributed by atoms with van der Waals surface area (Å²) in [6.45, 7) is 2.93. The number of rotatable bonds is 5. The molecule has 6 heteroatoms. The Morgan fingerprint density at radius 3 is 2.62 bits per heavy atom. The van der Waals surface area contributed by atoms with Gasteiger partial charge in [0.2, 0.25) is 5.95 Å². The van der Waals surface area contributed by atoms with E-state index < -0.39 is 0 Å². The van der Waals surface area contributed by atoms with Crippen molar-refractivity contribution in [2.24, 2.45) is 5.92 Å². The van der Waals surface area contributed by atoms with Gasteiger partial charge in [-0.1, -0.05) is 12.1 Å². The number of hydrogen-bond acceptors (Lipinski definition) is 6. The zero-order chi connectivity index (χ0) is 17.6. The van der Waals surface area contributed by atoms with E-state index in [9.17, 15) is 0 Å². The Kier molecular flexibility index (Phi) is 5.00. The van der Waals surface area contributed by atoms with Crippen LogP contribution < -0.4 is 10.2 Å². The van der Waals surface area contributed by atoms with Gasteiger partial charge in [-0.3, -0.25) is 4.98 Å². The minimum absolute atomic E-state index is 0.549. The molecule has 0 saturated carbocycles. The van der Waals surface area contributed by atoms with Crippen LogP contribution in [0.2, 0.25) is 0 Å². The van der Waals surface area contributed by atoms with E-state index in [1.807, 2.05) is 42.6 Å². The molecule has 3 aromatic heterocycles. The third-order valence-corrected chi connectivity index (χ3v) is 4.62. The molecule has 0 spiro atoms. The highest BCUT2D eigenvalue weighted by Crippen LogP contribution is 2.22. The molecule has 1 aliphatic rings. The second-order valence-electron chi connectivity index (χ2n) is 6.50. The molecule has 1 aliphatic heterocycles. The molecule has 1 N–H and O–H groups in total. The zero-order valence-corrected chi connectivity index (χ0v) is 14.6. The Balaban J connectivity index is 1.38. The lowest BCUT2D eigenvalue weighted by molar-refractivity contribution is 0.429. The SMILES string of the molecule is c1ccc(-c2ccnc(NC[C@H]3CCCN(c4ccccn4)C3)n2)nc1. The van der Waals surface area contributed by atoms with E-state index in [1.54, 1.807) is 12.4 Å². The van der Waals surface area contributed by atoms with E-state index in [0.717, 1.165) is 36.8 Å². The van der Waals surface area contributed by atoms with E-state index in [2.05, 4.69) is 36.2 Å². The molecule has 6 nitrogen and oxygen atoms in total. The predicted molar refractivity (Wildman–Crippen MR) is 103 cm³/mol. The fourth-order valence-corrected chi connectivity index (χ4v) is 3.32. The van der Waals surface area contributed by atoms with Crippen molar-refractivity contribution in [1.29, 1.82) is 0 Å². The molecule has 4 rings (SSSR count). The van der Waals surface area contributed by atoms with Gasteiger partial charge in [0.05, 0.1) is 11.4 Å². The summed E-state index contributed by atoms with van der Waals surface area (Å²) in [7, 11) is 0. The number of piperidine rings is 1. The van der Waals surface area contributed by atoms with Gasteiger partial charge >= 0.3 is 0 Å². The van der Waals surface area contributed by atoms with Crippen molar-refractivity contribution in [2.45, 2.75) is 12.8 Å². The molecular weight excluding hydrogens is 324 g/mol. The van der Waals surface area contributed by atoms with Crippen LogP contribution in [-0.4, -0.2) is 39.6 Å². The standard InChI is InChI=1S/C20H22N6/c1-3-10-21-17(7-1)18-9-12-23-20(25-18)24-14-16-6-5-13-26(15-16)19-8-2-4-11-22-19/h1-4,7-12,16H,5-6,13-15H2,(H,23,24,25)/t16-/m1/s1. The van der Waals surface area contributed by atoms with Crippen molar-refractivity contribution >= 4 is 11.8 Å². The van der Waals surface area contributed by atoms with E-state index in [4.69, 9.17) is 0 Å². The highest BCUT2D eigenvalue weighted by molar-refractivity contribution is 5.54. The van der Waals surface area contributed by atoms with E-state index >= 15 is 0 Å². The van der Waals surface area contributed by atoms with Gasteiger partial charge in [0.1, 0.15) is 5.82 Å². The van der Waals surface area contributed by atoms with Crippen LogP contribution in [0.1, 0.15) is 12.8 Å². The highest BCUT2D eigenvalue weighted by atomic mass is 15.2. The lowest BCUT2D eigenvalue weighted by Gasteiger charge is -2.33. The molecule has 0 aromatic carbocycles. The molecule has 0 aliphatic carbocycles. The molecule has 0 amide bonds. The summed E-state index contributed by atoms with van der Waals surface area (Å²) in [5.74, 6) is 2.27. The second-order valence-corrected chi connectivity index (χ2v) is 6.50. The molecule has 0 bridgehead atoms. The van der Waals surface area contributed by atoms with E-state index in [0.29, 0.717) is 11.9 Å². The molecule has 1 atom stereocenters. The molecule has 1 fully saturated rings. The average molecular weight is 346 g/mol. The van der Waals surface area contributed by atoms with Crippen molar-refractivity contribution < 1.29 is 0 Å². The van der Waals surface area contributed by atoms with Crippen molar-refractivity contribution in [3.63, 3.8) is 0 Å². The first kappa shape index (κ1) is 16.4. The quantitative estimate of drug-likeness (QED) is 0.765. The van der Waals surface area contributed by atoms with Crippen LogP contribution in [0.5, 0.6) is 0 Å². The normalized spacial score (nSPS) is 17.1. The Morgan fingerprint density at radius 2 is 1.81 bits per heavy atom. The first-order chi connectivity index (χ1) is 12.9. The summed E-state index contributed by atoms with van der Waals surface area (Å²) in [4.78, 5) is 20.1. The highest BCUT2D eigenvalue weighted by Gasteiger charge is 2.20. The number of nitrogens with zero attached hydrogens (tertiary/aromatic N) is 5. The van der Waals surface area contributed by atoms with Gasteiger partial charge in [0.15, 0.2) is 0 Å². The first-order valence-corrected chi connectivity index (χ1v) is 9.03. The summed E-state index contributed by atoms with van der Waals surface area (Å²) in [6.07, 6.45) is 7.79. The van der Waals surface area contributed by atoms with Crippen LogP contribution >= 0.6 is 0 Å². The van der Waals surface area contributed by atoms with Crippen LogP contribution in [0.15, 0.2) is 61.1 Å². The molecule has 0 unspecified atom stereocenters. The Morgan fingerprint density at radius 1 is 0.923 bits per heavy atom. The zero-order valence-electron chi connectivity index (χ0n) is 14.6. The Hall–Kier alpha value is -3.02. The van der Waals surface area contributed by atoms with Crippen molar-refractivity contribution in [1.82, 2.24) is 19.9 Å². The number of pyridine rings is 2. The number of hydrogen-bond donors (Lipinski definition) is 1. The van der Waals surface area contributed by atoms with Gasteiger partial charge in [-0.2, -0.15) is 0 Å². The number of anilines is 2. The van der Waals surface area contributed by atoms with Crippen LogP contribution in [0.4, 0.5) is 11.8 Å². The summed E-state index contributed by atoms with van der Waals surface area (Å²) in [6, 6.07) is 13.8. The van der Waals surface area contributed by atoms with Crippen LogP contribution in [-0.2, 0) is 0 Å². The molecule has 26 heavy (non-hydrogen) atoms. The van der Waals surface area contributed by atoms with Crippen molar-refractivity contribution in [3.8, 4) is 11.4 Å². The maximum absolute atomic E-state index is 4.59. The maximum Gasteiger partial charge on any atom is 0.223 e. The lowest BCUT2D eigenvalue weighted by Crippen LogP contribution is -2.38. The minimum atomic E-state index is 0.549. The average Bonchev–Trinajstić information content (AvgIpc) is 2.74. The number of nitrogens with one attached hydrogen (secondary N) is 1. The molecular formula is C20H22N6. The topological polar surface area (TPSA) is 66.8 Å². The summed E-state index contributed by atoms with van der Waals surface area (Å²) in [5, 5.41) is 3.40. The van der Waals surface area contributed by atoms with Gasteiger partial charge in [0, 0.05) is 38.2 Å². The van der Waals surface area contributed by atoms with Gasteiger partial charge in [-0.15, -0.1) is 0 Å².